The Balaban J connectivity index is 2.20. The smallest absolute Gasteiger partial charge is 0.312 e. The van der Waals surface area contributed by atoms with Crippen molar-refractivity contribution in [3.05, 3.63) is 21.9 Å². The molecule has 1 aromatic rings. The molecule has 1 aliphatic heterocycles. The first-order valence-electron chi connectivity index (χ1n) is 6.44. The summed E-state index contributed by atoms with van der Waals surface area (Å²) in [5, 5.41) is 0. The first kappa shape index (κ1) is 14.0. The number of carbonyl (C=O) groups excluding carboxylic acids is 2. The second kappa shape index (κ2) is 5.71. The lowest BCUT2D eigenvalue weighted by atomic mass is 10.1. The minimum Gasteiger partial charge on any atom is -0.333 e. The van der Waals surface area contributed by atoms with Crippen LogP contribution in [-0.4, -0.2) is 47.8 Å². The van der Waals surface area contributed by atoms with Crippen molar-refractivity contribution in [3.63, 3.8) is 0 Å². The van der Waals surface area contributed by atoms with Gasteiger partial charge in [0.05, 0.1) is 6.04 Å². The summed E-state index contributed by atoms with van der Waals surface area (Å²) >= 11 is 1.63. The third-order valence-electron chi connectivity index (χ3n) is 3.41. The van der Waals surface area contributed by atoms with Crippen molar-refractivity contribution in [1.29, 1.82) is 0 Å². The van der Waals surface area contributed by atoms with Gasteiger partial charge in [-0.05, 0) is 26.0 Å². The van der Waals surface area contributed by atoms with Crippen LogP contribution in [0.15, 0.2) is 12.1 Å². The van der Waals surface area contributed by atoms with Crippen LogP contribution in [-0.2, 0) is 9.59 Å². The molecule has 2 heterocycles. The first-order valence-corrected chi connectivity index (χ1v) is 7.26. The van der Waals surface area contributed by atoms with E-state index in [1.165, 1.54) is 4.88 Å². The number of amides is 2. The van der Waals surface area contributed by atoms with Gasteiger partial charge in [-0.3, -0.25) is 9.59 Å². The van der Waals surface area contributed by atoms with E-state index in [9.17, 15) is 9.59 Å². The number of thiophene rings is 1. The molecule has 2 N–H and O–H groups in total. The molecule has 2 rings (SSSR count). The van der Waals surface area contributed by atoms with Gasteiger partial charge in [0, 0.05) is 35.9 Å². The molecule has 0 aromatic carbocycles. The molecular formula is C13H19N3O2S. The van der Waals surface area contributed by atoms with E-state index in [0.717, 1.165) is 4.88 Å². The van der Waals surface area contributed by atoms with Gasteiger partial charge in [0.2, 0.25) is 0 Å². The van der Waals surface area contributed by atoms with Gasteiger partial charge >= 0.3 is 11.8 Å². The lowest BCUT2D eigenvalue weighted by Gasteiger charge is -2.37. The Hall–Kier alpha value is -1.40. The summed E-state index contributed by atoms with van der Waals surface area (Å²) < 4.78 is 0. The van der Waals surface area contributed by atoms with E-state index < -0.39 is 11.8 Å². The highest BCUT2D eigenvalue weighted by Crippen LogP contribution is 2.28. The molecule has 6 heteroatoms. The van der Waals surface area contributed by atoms with E-state index in [-0.39, 0.29) is 6.04 Å². The minimum absolute atomic E-state index is 0.186. The minimum atomic E-state index is -0.436. The molecule has 0 spiro atoms. The molecule has 1 fully saturated rings. The average molecular weight is 281 g/mol. The van der Waals surface area contributed by atoms with E-state index >= 15 is 0 Å². The van der Waals surface area contributed by atoms with Crippen molar-refractivity contribution >= 4 is 23.2 Å². The van der Waals surface area contributed by atoms with Crippen molar-refractivity contribution in [2.24, 2.45) is 5.73 Å². The molecule has 1 aliphatic rings. The number of likely N-dealkylation sites (N-methyl/N-ethyl adjacent to an activating group) is 1. The number of rotatable bonds is 4. The molecule has 0 bridgehead atoms. The molecule has 1 saturated heterocycles. The highest BCUT2D eigenvalue weighted by molar-refractivity contribution is 7.12. The fourth-order valence-electron chi connectivity index (χ4n) is 2.32. The number of nitrogens with two attached hydrogens (primary N) is 1. The molecule has 0 aliphatic carbocycles. The second-order valence-corrected chi connectivity index (χ2v) is 5.90. The highest BCUT2D eigenvalue weighted by atomic mass is 32.1. The molecule has 104 valence electrons. The summed E-state index contributed by atoms with van der Waals surface area (Å²) in [6, 6.07) is 3.81. The van der Waals surface area contributed by atoms with Crippen LogP contribution in [0.25, 0.3) is 0 Å². The summed E-state index contributed by atoms with van der Waals surface area (Å²) in [6.45, 7) is 5.95. The van der Waals surface area contributed by atoms with Gasteiger partial charge in [-0.2, -0.15) is 0 Å². The van der Waals surface area contributed by atoms with Gasteiger partial charge in [-0.25, -0.2) is 0 Å². The fraction of sp³-hybridized carbons (Fsp3) is 0.538. The van der Waals surface area contributed by atoms with Crippen LogP contribution in [0.4, 0.5) is 0 Å². The maximum atomic E-state index is 12.2. The summed E-state index contributed by atoms with van der Waals surface area (Å²) in [7, 11) is 0. The second-order valence-electron chi connectivity index (χ2n) is 4.58. The molecule has 2 amide bonds. The Morgan fingerprint density at radius 2 is 2.05 bits per heavy atom. The van der Waals surface area contributed by atoms with E-state index in [2.05, 4.69) is 0 Å². The van der Waals surface area contributed by atoms with Gasteiger partial charge in [-0.15, -0.1) is 11.3 Å². The Bertz CT molecular complexity index is 486. The highest BCUT2D eigenvalue weighted by Gasteiger charge is 2.36. The lowest BCUT2D eigenvalue weighted by Crippen LogP contribution is -2.55. The molecule has 1 aromatic heterocycles. The van der Waals surface area contributed by atoms with Crippen molar-refractivity contribution in [1.82, 2.24) is 9.80 Å². The van der Waals surface area contributed by atoms with E-state index in [4.69, 9.17) is 5.73 Å². The Kier molecular flexibility index (Phi) is 4.21. The van der Waals surface area contributed by atoms with Crippen LogP contribution in [0.3, 0.4) is 0 Å². The molecular weight excluding hydrogens is 262 g/mol. The van der Waals surface area contributed by atoms with Gasteiger partial charge in [0.25, 0.3) is 0 Å². The topological polar surface area (TPSA) is 66.6 Å². The maximum absolute atomic E-state index is 12.2. The Morgan fingerprint density at radius 1 is 1.32 bits per heavy atom. The number of aryl methyl sites for hydroxylation is 1. The Morgan fingerprint density at radius 3 is 2.58 bits per heavy atom. The van der Waals surface area contributed by atoms with Gasteiger partial charge in [0.1, 0.15) is 0 Å². The summed E-state index contributed by atoms with van der Waals surface area (Å²) in [5.74, 6) is -0.852. The van der Waals surface area contributed by atoms with E-state index in [0.29, 0.717) is 26.2 Å². The number of piperazine rings is 1. The number of carbonyl (C=O) groups is 2. The number of hydrogen-bond acceptors (Lipinski definition) is 4. The number of nitrogens with zero attached hydrogens (tertiary/aromatic N) is 2. The predicted molar refractivity (Wildman–Crippen MR) is 74.8 cm³/mol. The fourth-order valence-corrected chi connectivity index (χ4v) is 3.32. The standard InChI is InChI=1S/C13H19N3O2S/c1-3-15-6-7-16(13(18)12(15)17)10(8-14)11-5-4-9(2)19-11/h4-5,10H,3,6-8,14H2,1-2H3. The van der Waals surface area contributed by atoms with Crippen molar-refractivity contribution in [2.75, 3.05) is 26.2 Å². The average Bonchev–Trinajstić information content (AvgIpc) is 2.82. The van der Waals surface area contributed by atoms with Crippen LogP contribution in [0.2, 0.25) is 0 Å². The van der Waals surface area contributed by atoms with Crippen LogP contribution < -0.4 is 5.73 Å². The molecule has 0 radical (unpaired) electrons. The zero-order valence-corrected chi connectivity index (χ0v) is 12.1. The third kappa shape index (κ3) is 2.64. The molecule has 0 saturated carbocycles. The van der Waals surface area contributed by atoms with Gasteiger partial charge < -0.3 is 15.5 Å². The van der Waals surface area contributed by atoms with Crippen molar-refractivity contribution < 1.29 is 9.59 Å². The first-order chi connectivity index (χ1) is 9.08. The zero-order chi connectivity index (χ0) is 14.0. The van der Waals surface area contributed by atoms with E-state index in [1.54, 1.807) is 21.1 Å². The maximum Gasteiger partial charge on any atom is 0.312 e. The Labute approximate surface area is 117 Å². The summed E-state index contributed by atoms with van der Waals surface area (Å²) in [4.78, 5) is 29.5. The molecule has 1 unspecified atom stereocenters. The zero-order valence-electron chi connectivity index (χ0n) is 11.3. The third-order valence-corrected chi connectivity index (χ3v) is 4.51. The monoisotopic (exact) mass is 281 g/mol. The molecule has 5 nitrogen and oxygen atoms in total. The SMILES string of the molecule is CCN1CCN(C(CN)c2ccc(C)s2)C(=O)C1=O. The van der Waals surface area contributed by atoms with Crippen LogP contribution in [0, 0.1) is 6.92 Å². The van der Waals surface area contributed by atoms with Crippen LogP contribution in [0.5, 0.6) is 0 Å². The predicted octanol–water partition coefficient (Wildman–Crippen LogP) is 0.747. The largest absolute Gasteiger partial charge is 0.333 e. The summed E-state index contributed by atoms with van der Waals surface area (Å²) in [5.41, 5.74) is 5.81. The lowest BCUT2D eigenvalue weighted by molar-refractivity contribution is -0.157. The van der Waals surface area contributed by atoms with Crippen molar-refractivity contribution in [2.45, 2.75) is 19.9 Å². The van der Waals surface area contributed by atoms with Crippen molar-refractivity contribution in [3.8, 4) is 0 Å². The normalized spacial score (nSPS) is 18.1. The van der Waals surface area contributed by atoms with Gasteiger partial charge in [0.15, 0.2) is 0 Å². The van der Waals surface area contributed by atoms with Crippen LogP contribution >= 0.6 is 11.3 Å². The van der Waals surface area contributed by atoms with Crippen LogP contribution in [0.1, 0.15) is 22.7 Å². The molecule has 1 atom stereocenters. The number of hydrogen-bond donors (Lipinski definition) is 1. The quantitative estimate of drug-likeness (QED) is 0.828. The van der Waals surface area contributed by atoms with Gasteiger partial charge in [-0.1, -0.05) is 0 Å². The van der Waals surface area contributed by atoms with E-state index in [1.807, 2.05) is 26.0 Å². The molecule has 19 heavy (non-hydrogen) atoms. The summed E-state index contributed by atoms with van der Waals surface area (Å²) in [6.07, 6.45) is 0.